The second-order valence-electron chi connectivity index (χ2n) is 6.71. The number of carbonyl (C=O) groups excluding carboxylic acids is 1. The topological polar surface area (TPSA) is 47.4 Å². The van der Waals surface area contributed by atoms with Crippen molar-refractivity contribution in [3.8, 4) is 5.75 Å². The molecule has 1 amide bonds. The Morgan fingerprint density at radius 2 is 1.89 bits per heavy atom. The van der Waals surface area contributed by atoms with Crippen molar-refractivity contribution in [2.75, 3.05) is 13.7 Å². The van der Waals surface area contributed by atoms with Crippen molar-refractivity contribution < 1.29 is 13.9 Å². The van der Waals surface area contributed by atoms with E-state index in [9.17, 15) is 9.18 Å². The van der Waals surface area contributed by atoms with Crippen molar-refractivity contribution >= 4 is 5.91 Å². The van der Waals surface area contributed by atoms with E-state index in [1.54, 1.807) is 41.9 Å². The third-order valence-electron chi connectivity index (χ3n) is 4.65. The summed E-state index contributed by atoms with van der Waals surface area (Å²) in [5.74, 6) is 0.371. The molecule has 0 fully saturated rings. The Hall–Kier alpha value is -3.15. The molecule has 6 heteroatoms. The fourth-order valence-electron chi connectivity index (χ4n) is 3.18. The second kappa shape index (κ2) is 8.69. The quantitative estimate of drug-likeness (QED) is 0.626. The zero-order chi connectivity index (χ0) is 20.1. The first-order valence-corrected chi connectivity index (χ1v) is 9.14. The van der Waals surface area contributed by atoms with E-state index < -0.39 is 0 Å². The molecule has 0 spiro atoms. The van der Waals surface area contributed by atoms with Crippen LogP contribution in [0.3, 0.4) is 0 Å². The second-order valence-corrected chi connectivity index (χ2v) is 6.71. The number of nitrogens with zero attached hydrogens (tertiary/aromatic N) is 3. The number of halogens is 1. The van der Waals surface area contributed by atoms with E-state index >= 15 is 0 Å². The van der Waals surface area contributed by atoms with Crippen molar-refractivity contribution in [2.45, 2.75) is 19.9 Å². The van der Waals surface area contributed by atoms with Gasteiger partial charge >= 0.3 is 0 Å². The van der Waals surface area contributed by atoms with Gasteiger partial charge in [-0.05, 0) is 43.2 Å². The van der Waals surface area contributed by atoms with E-state index in [0.717, 1.165) is 22.6 Å². The Morgan fingerprint density at radius 1 is 1.18 bits per heavy atom. The molecule has 0 aliphatic carbocycles. The Morgan fingerprint density at radius 3 is 2.54 bits per heavy atom. The number of ether oxygens (including phenoxy) is 1. The smallest absolute Gasteiger partial charge is 0.272 e. The lowest BCUT2D eigenvalue weighted by atomic mass is 10.1. The summed E-state index contributed by atoms with van der Waals surface area (Å²) in [6.45, 7) is 2.76. The molecule has 146 valence electrons. The molecule has 5 nitrogen and oxygen atoms in total. The lowest BCUT2D eigenvalue weighted by Gasteiger charge is -2.24. The third-order valence-corrected chi connectivity index (χ3v) is 4.65. The Kier molecular flexibility index (Phi) is 6.09. The number of methoxy groups -OCH3 is 1. The number of carbonyl (C=O) groups is 1. The van der Waals surface area contributed by atoms with Crippen molar-refractivity contribution in [3.05, 3.63) is 82.9 Å². The lowest BCUT2D eigenvalue weighted by Crippen LogP contribution is -2.34. The number of para-hydroxylation sites is 1. The highest BCUT2D eigenvalue weighted by Crippen LogP contribution is 2.21. The van der Waals surface area contributed by atoms with Gasteiger partial charge in [0.2, 0.25) is 0 Å². The van der Waals surface area contributed by atoms with Crippen LogP contribution in [0.2, 0.25) is 0 Å². The average Bonchev–Trinajstić information content (AvgIpc) is 3.04. The Balaban J connectivity index is 1.85. The molecule has 0 saturated carbocycles. The van der Waals surface area contributed by atoms with Crippen molar-refractivity contribution in [1.82, 2.24) is 14.7 Å². The van der Waals surface area contributed by atoms with Gasteiger partial charge in [-0.25, -0.2) is 4.39 Å². The van der Waals surface area contributed by atoms with E-state index in [0.29, 0.717) is 25.2 Å². The number of aromatic nitrogens is 2. The summed E-state index contributed by atoms with van der Waals surface area (Å²) < 4.78 is 20.2. The molecule has 0 bridgehead atoms. The van der Waals surface area contributed by atoms with Gasteiger partial charge in [-0.2, -0.15) is 5.10 Å². The van der Waals surface area contributed by atoms with Crippen LogP contribution in [0.25, 0.3) is 0 Å². The fourth-order valence-corrected chi connectivity index (χ4v) is 3.18. The SMILES string of the molecule is COc1ccccc1CN(CCc1ccc(F)cc1)C(=O)c1cc(C)nn1C. The van der Waals surface area contributed by atoms with Crippen LogP contribution in [0.4, 0.5) is 4.39 Å². The first-order valence-electron chi connectivity index (χ1n) is 9.14. The van der Waals surface area contributed by atoms with Gasteiger partial charge in [0.1, 0.15) is 17.3 Å². The van der Waals surface area contributed by atoms with Crippen LogP contribution < -0.4 is 4.74 Å². The minimum Gasteiger partial charge on any atom is -0.496 e. The average molecular weight is 381 g/mol. The molecule has 2 aromatic carbocycles. The van der Waals surface area contributed by atoms with Gasteiger partial charge in [-0.3, -0.25) is 9.48 Å². The van der Waals surface area contributed by atoms with E-state index in [2.05, 4.69) is 5.10 Å². The molecule has 0 aliphatic rings. The summed E-state index contributed by atoms with van der Waals surface area (Å²) in [6.07, 6.45) is 0.623. The molecule has 0 aliphatic heterocycles. The van der Waals surface area contributed by atoms with Crippen LogP contribution in [-0.2, 0) is 20.0 Å². The first kappa shape index (κ1) is 19.6. The number of aryl methyl sites for hydroxylation is 2. The molecular formula is C22H24FN3O2. The van der Waals surface area contributed by atoms with E-state index in [4.69, 9.17) is 4.74 Å². The maximum Gasteiger partial charge on any atom is 0.272 e. The predicted octanol–water partition coefficient (Wildman–Crippen LogP) is 3.76. The largest absolute Gasteiger partial charge is 0.496 e. The lowest BCUT2D eigenvalue weighted by molar-refractivity contribution is 0.0733. The fraction of sp³-hybridized carbons (Fsp3) is 0.273. The Labute approximate surface area is 164 Å². The molecule has 0 saturated heterocycles. The minimum atomic E-state index is -0.268. The van der Waals surface area contributed by atoms with Crippen molar-refractivity contribution in [2.24, 2.45) is 7.05 Å². The van der Waals surface area contributed by atoms with Crippen LogP contribution in [0, 0.1) is 12.7 Å². The predicted molar refractivity (Wildman–Crippen MR) is 106 cm³/mol. The van der Waals surface area contributed by atoms with Crippen LogP contribution in [0.5, 0.6) is 5.75 Å². The maximum absolute atomic E-state index is 13.2. The summed E-state index contributed by atoms with van der Waals surface area (Å²) in [5.41, 5.74) is 3.23. The number of hydrogen-bond donors (Lipinski definition) is 0. The van der Waals surface area contributed by atoms with Gasteiger partial charge in [-0.15, -0.1) is 0 Å². The molecule has 0 radical (unpaired) electrons. The summed E-state index contributed by atoms with van der Waals surface area (Å²) in [7, 11) is 3.38. The van der Waals surface area contributed by atoms with E-state index in [-0.39, 0.29) is 11.7 Å². The Bertz CT molecular complexity index is 951. The highest BCUT2D eigenvalue weighted by molar-refractivity contribution is 5.92. The van der Waals surface area contributed by atoms with E-state index in [1.807, 2.05) is 31.2 Å². The molecule has 28 heavy (non-hydrogen) atoms. The molecule has 1 heterocycles. The van der Waals surface area contributed by atoms with Crippen LogP contribution in [0.15, 0.2) is 54.6 Å². The summed E-state index contributed by atoms with van der Waals surface area (Å²) in [6, 6.07) is 15.8. The zero-order valence-electron chi connectivity index (χ0n) is 16.4. The number of amides is 1. The first-order chi connectivity index (χ1) is 13.5. The number of hydrogen-bond acceptors (Lipinski definition) is 3. The molecular weight excluding hydrogens is 357 g/mol. The summed E-state index contributed by atoms with van der Waals surface area (Å²) >= 11 is 0. The normalized spacial score (nSPS) is 10.7. The van der Waals surface area contributed by atoms with Gasteiger partial charge < -0.3 is 9.64 Å². The van der Waals surface area contributed by atoms with E-state index in [1.165, 1.54) is 12.1 Å². The number of benzene rings is 2. The van der Waals surface area contributed by atoms with Gasteiger partial charge in [0.25, 0.3) is 5.91 Å². The van der Waals surface area contributed by atoms with Crippen molar-refractivity contribution in [3.63, 3.8) is 0 Å². The van der Waals surface area contributed by atoms with Crippen LogP contribution in [0.1, 0.15) is 27.3 Å². The maximum atomic E-state index is 13.2. The molecule has 3 aromatic rings. The monoisotopic (exact) mass is 381 g/mol. The van der Waals surface area contributed by atoms with Crippen LogP contribution in [-0.4, -0.2) is 34.2 Å². The van der Waals surface area contributed by atoms with Gasteiger partial charge in [0.05, 0.1) is 12.8 Å². The third kappa shape index (κ3) is 4.57. The molecule has 1 aromatic heterocycles. The summed E-state index contributed by atoms with van der Waals surface area (Å²) in [5, 5.41) is 4.29. The highest BCUT2D eigenvalue weighted by atomic mass is 19.1. The zero-order valence-corrected chi connectivity index (χ0v) is 16.4. The highest BCUT2D eigenvalue weighted by Gasteiger charge is 2.21. The number of rotatable bonds is 7. The van der Waals surface area contributed by atoms with Gasteiger partial charge in [-0.1, -0.05) is 30.3 Å². The summed E-state index contributed by atoms with van der Waals surface area (Å²) in [4.78, 5) is 15.0. The van der Waals surface area contributed by atoms with Crippen LogP contribution >= 0.6 is 0 Å². The van der Waals surface area contributed by atoms with Gasteiger partial charge in [0.15, 0.2) is 0 Å². The minimum absolute atomic E-state index is 0.101. The molecule has 0 atom stereocenters. The molecule has 0 N–H and O–H groups in total. The standard InChI is InChI=1S/C22H24FN3O2/c1-16-14-20(25(2)24-16)22(27)26(13-12-17-8-10-19(23)11-9-17)15-18-6-4-5-7-21(18)28-3/h4-11,14H,12-13,15H2,1-3H3. The van der Waals surface area contributed by atoms with Crippen molar-refractivity contribution in [1.29, 1.82) is 0 Å². The van der Waals surface area contributed by atoms with Gasteiger partial charge in [0, 0.05) is 25.7 Å². The molecule has 3 rings (SSSR count). The molecule has 0 unspecified atom stereocenters.